The van der Waals surface area contributed by atoms with Gasteiger partial charge in [-0.1, -0.05) is 19.1 Å². The number of hydrogen-bond acceptors (Lipinski definition) is 3. The first-order valence-electron chi connectivity index (χ1n) is 8.89. The molecular formula is C19H30ClN3O. The molecule has 1 aromatic carbocycles. The van der Waals surface area contributed by atoms with E-state index < -0.39 is 0 Å². The van der Waals surface area contributed by atoms with Crippen molar-refractivity contribution in [3.63, 3.8) is 0 Å². The number of nitrogens with one attached hydrogen (secondary N) is 1. The highest BCUT2D eigenvalue weighted by atomic mass is 35.5. The summed E-state index contributed by atoms with van der Waals surface area (Å²) in [6, 6.07) is 6.52. The minimum atomic E-state index is 0. The first-order chi connectivity index (χ1) is 11.1. The Morgan fingerprint density at radius 3 is 2.54 bits per heavy atom. The molecule has 2 atom stereocenters. The van der Waals surface area contributed by atoms with Crippen LogP contribution in [0.4, 0.5) is 5.69 Å². The number of piperazine rings is 1. The number of rotatable bonds is 2. The number of amides is 1. The molecule has 5 heteroatoms. The third kappa shape index (κ3) is 4.04. The lowest BCUT2D eigenvalue weighted by atomic mass is 9.93. The summed E-state index contributed by atoms with van der Waals surface area (Å²) in [6.07, 6.45) is 2.17. The van der Waals surface area contributed by atoms with Gasteiger partial charge in [-0.2, -0.15) is 0 Å². The topological polar surface area (TPSA) is 35.6 Å². The summed E-state index contributed by atoms with van der Waals surface area (Å²) < 4.78 is 0. The summed E-state index contributed by atoms with van der Waals surface area (Å²) in [6.45, 7) is 11.1. The number of aryl methyl sites for hydroxylation is 1. The van der Waals surface area contributed by atoms with E-state index in [1.54, 1.807) is 0 Å². The zero-order chi connectivity index (χ0) is 16.4. The van der Waals surface area contributed by atoms with Gasteiger partial charge in [0.2, 0.25) is 5.91 Å². The first kappa shape index (κ1) is 19.1. The Bertz CT molecular complexity index is 570. The normalized spacial score (nSPS) is 24.5. The zero-order valence-corrected chi connectivity index (χ0v) is 15.9. The van der Waals surface area contributed by atoms with E-state index >= 15 is 0 Å². The Kier molecular flexibility index (Phi) is 6.53. The SMILES string of the molecule is Cc1cccc(N2CCN(C(=O)C3CC(C)CCN3)CC2)c1C.Cl. The molecular weight excluding hydrogens is 322 g/mol. The monoisotopic (exact) mass is 351 g/mol. The van der Waals surface area contributed by atoms with Crippen LogP contribution in [0.2, 0.25) is 0 Å². The Morgan fingerprint density at radius 1 is 1.17 bits per heavy atom. The van der Waals surface area contributed by atoms with Crippen molar-refractivity contribution in [2.75, 3.05) is 37.6 Å². The van der Waals surface area contributed by atoms with Gasteiger partial charge in [-0.25, -0.2) is 0 Å². The fourth-order valence-corrected chi connectivity index (χ4v) is 3.76. The summed E-state index contributed by atoms with van der Waals surface area (Å²) in [5, 5.41) is 3.40. The first-order valence-corrected chi connectivity index (χ1v) is 8.89. The van der Waals surface area contributed by atoms with Gasteiger partial charge in [0, 0.05) is 31.9 Å². The number of carbonyl (C=O) groups is 1. The molecule has 2 heterocycles. The van der Waals surface area contributed by atoms with E-state index in [1.165, 1.54) is 23.2 Å². The highest BCUT2D eigenvalue weighted by Gasteiger charge is 2.30. The smallest absolute Gasteiger partial charge is 0.239 e. The minimum Gasteiger partial charge on any atom is -0.368 e. The average molecular weight is 352 g/mol. The number of nitrogens with zero attached hydrogens (tertiary/aromatic N) is 2. The summed E-state index contributed by atoms with van der Waals surface area (Å²) in [7, 11) is 0. The molecule has 3 rings (SSSR count). The molecule has 1 amide bonds. The molecule has 0 saturated carbocycles. The molecule has 134 valence electrons. The van der Waals surface area contributed by atoms with Crippen LogP contribution in [0.25, 0.3) is 0 Å². The van der Waals surface area contributed by atoms with Crippen LogP contribution >= 0.6 is 12.4 Å². The van der Waals surface area contributed by atoms with E-state index in [0.717, 1.165) is 39.1 Å². The predicted octanol–water partition coefficient (Wildman–Crippen LogP) is 2.76. The second kappa shape index (κ2) is 8.21. The molecule has 0 aromatic heterocycles. The third-order valence-corrected chi connectivity index (χ3v) is 5.47. The largest absolute Gasteiger partial charge is 0.368 e. The second-order valence-electron chi connectivity index (χ2n) is 7.17. The summed E-state index contributed by atoms with van der Waals surface area (Å²) in [5.74, 6) is 0.957. The van der Waals surface area contributed by atoms with Gasteiger partial charge >= 0.3 is 0 Å². The lowest BCUT2D eigenvalue weighted by molar-refractivity contribution is -0.134. The van der Waals surface area contributed by atoms with Gasteiger partial charge in [-0.05, 0) is 56.3 Å². The fourth-order valence-electron chi connectivity index (χ4n) is 3.76. The standard InChI is InChI=1S/C19H29N3O.ClH/c1-14-7-8-20-17(13-14)19(23)22-11-9-21(10-12-22)18-6-4-5-15(2)16(18)3;/h4-6,14,17,20H,7-13H2,1-3H3;1H. The van der Waals surface area contributed by atoms with Crippen molar-refractivity contribution in [2.24, 2.45) is 5.92 Å². The quantitative estimate of drug-likeness (QED) is 0.890. The summed E-state index contributed by atoms with van der Waals surface area (Å²) >= 11 is 0. The van der Waals surface area contributed by atoms with Gasteiger partial charge < -0.3 is 15.1 Å². The van der Waals surface area contributed by atoms with Gasteiger partial charge in [-0.15, -0.1) is 12.4 Å². The molecule has 2 unspecified atom stereocenters. The zero-order valence-electron chi connectivity index (χ0n) is 15.0. The van der Waals surface area contributed by atoms with E-state index in [1.807, 2.05) is 0 Å². The number of hydrogen-bond donors (Lipinski definition) is 1. The van der Waals surface area contributed by atoms with Crippen LogP contribution < -0.4 is 10.2 Å². The number of anilines is 1. The van der Waals surface area contributed by atoms with Crippen molar-refractivity contribution in [1.82, 2.24) is 10.2 Å². The van der Waals surface area contributed by atoms with Crippen molar-refractivity contribution in [2.45, 2.75) is 39.7 Å². The fraction of sp³-hybridized carbons (Fsp3) is 0.632. The molecule has 24 heavy (non-hydrogen) atoms. The second-order valence-corrected chi connectivity index (χ2v) is 7.17. The van der Waals surface area contributed by atoms with Crippen LogP contribution in [0.3, 0.4) is 0 Å². The molecule has 0 aliphatic carbocycles. The molecule has 0 spiro atoms. The predicted molar refractivity (Wildman–Crippen MR) is 102 cm³/mol. The van der Waals surface area contributed by atoms with Gasteiger partial charge in [0.1, 0.15) is 0 Å². The van der Waals surface area contributed by atoms with Crippen LogP contribution in [0.1, 0.15) is 30.9 Å². The molecule has 0 bridgehead atoms. The van der Waals surface area contributed by atoms with Crippen molar-refractivity contribution >= 4 is 24.0 Å². The minimum absolute atomic E-state index is 0. The maximum Gasteiger partial charge on any atom is 0.239 e. The summed E-state index contributed by atoms with van der Waals surface area (Å²) in [4.78, 5) is 17.2. The maximum atomic E-state index is 12.7. The molecule has 2 saturated heterocycles. The van der Waals surface area contributed by atoms with Gasteiger partial charge in [0.25, 0.3) is 0 Å². The number of piperidine rings is 1. The molecule has 4 nitrogen and oxygen atoms in total. The molecule has 0 radical (unpaired) electrons. The maximum absolute atomic E-state index is 12.7. The van der Waals surface area contributed by atoms with Crippen molar-refractivity contribution in [3.8, 4) is 0 Å². The van der Waals surface area contributed by atoms with E-state index in [0.29, 0.717) is 11.8 Å². The third-order valence-electron chi connectivity index (χ3n) is 5.47. The van der Waals surface area contributed by atoms with E-state index in [4.69, 9.17) is 0 Å². The van der Waals surface area contributed by atoms with Crippen LogP contribution in [0, 0.1) is 19.8 Å². The number of halogens is 1. The Hall–Kier alpha value is -1.26. The van der Waals surface area contributed by atoms with Gasteiger partial charge in [0.15, 0.2) is 0 Å². The van der Waals surface area contributed by atoms with Crippen LogP contribution in [0.15, 0.2) is 18.2 Å². The van der Waals surface area contributed by atoms with E-state index in [-0.39, 0.29) is 18.4 Å². The highest BCUT2D eigenvalue weighted by molar-refractivity contribution is 5.85. The van der Waals surface area contributed by atoms with Crippen LogP contribution in [0.5, 0.6) is 0 Å². The molecule has 2 fully saturated rings. The molecule has 1 aromatic rings. The van der Waals surface area contributed by atoms with Gasteiger partial charge in [0.05, 0.1) is 6.04 Å². The van der Waals surface area contributed by atoms with Crippen molar-refractivity contribution in [3.05, 3.63) is 29.3 Å². The Balaban J connectivity index is 0.00000208. The Morgan fingerprint density at radius 2 is 1.88 bits per heavy atom. The molecule has 2 aliphatic heterocycles. The lowest BCUT2D eigenvalue weighted by Gasteiger charge is -2.39. The summed E-state index contributed by atoms with van der Waals surface area (Å²) in [5.41, 5.74) is 4.01. The van der Waals surface area contributed by atoms with E-state index in [9.17, 15) is 4.79 Å². The van der Waals surface area contributed by atoms with Crippen molar-refractivity contribution in [1.29, 1.82) is 0 Å². The number of benzene rings is 1. The van der Waals surface area contributed by atoms with E-state index in [2.05, 4.69) is 54.1 Å². The molecule has 2 aliphatic rings. The van der Waals surface area contributed by atoms with Gasteiger partial charge in [-0.3, -0.25) is 4.79 Å². The molecule has 1 N–H and O–H groups in total. The van der Waals surface area contributed by atoms with Crippen LogP contribution in [-0.2, 0) is 4.79 Å². The number of carbonyl (C=O) groups excluding carboxylic acids is 1. The van der Waals surface area contributed by atoms with Crippen molar-refractivity contribution < 1.29 is 4.79 Å². The van der Waals surface area contributed by atoms with Crippen LogP contribution in [-0.4, -0.2) is 49.6 Å². The Labute approximate surface area is 152 Å². The highest BCUT2D eigenvalue weighted by Crippen LogP contribution is 2.24. The average Bonchev–Trinajstić information content (AvgIpc) is 2.57. The lowest BCUT2D eigenvalue weighted by Crippen LogP contribution is -2.55.